The van der Waals surface area contributed by atoms with Crippen molar-refractivity contribution in [1.29, 1.82) is 0 Å². The van der Waals surface area contributed by atoms with Crippen molar-refractivity contribution in [2.45, 2.75) is 20.6 Å². The van der Waals surface area contributed by atoms with Crippen molar-refractivity contribution in [3.8, 4) is 11.3 Å². The molecule has 2 heteroatoms. The summed E-state index contributed by atoms with van der Waals surface area (Å²) in [6.45, 7) is -3.06. The topological polar surface area (TPSA) is 8.29 Å². The zero-order valence-corrected chi connectivity index (χ0v) is 16.2. The molecule has 0 N–H and O–H groups in total. The summed E-state index contributed by atoms with van der Waals surface area (Å²) in [6.07, 6.45) is 1.44. The number of fused-ring (bicyclic) bond motifs is 6. The molecule has 140 valence electrons. The van der Waals surface area contributed by atoms with Crippen molar-refractivity contribution in [3.63, 3.8) is 0 Å². The fraction of sp³-hybridized carbons (Fsp3) is 0.148. The van der Waals surface area contributed by atoms with Crippen molar-refractivity contribution in [3.05, 3.63) is 83.6 Å². The highest BCUT2D eigenvalue weighted by atomic mass is 14.9. The van der Waals surface area contributed by atoms with Crippen LogP contribution in [0.1, 0.15) is 24.9 Å². The Morgan fingerprint density at radius 2 is 1.52 bits per heavy atom. The first kappa shape index (κ1) is 11.6. The molecular weight excluding hydrogens is 352 g/mol. The molecule has 3 aromatic carbocycles. The van der Waals surface area contributed by atoms with Gasteiger partial charge in [0, 0.05) is 41.4 Å². The van der Waals surface area contributed by atoms with Crippen molar-refractivity contribution in [2.75, 3.05) is 0 Å². The Kier molecular flexibility index (Phi) is 2.22. The van der Waals surface area contributed by atoms with Crippen LogP contribution in [0, 0.1) is 20.6 Å². The summed E-state index contributed by atoms with van der Waals surface area (Å²) in [6, 6.07) is 20.5. The van der Waals surface area contributed by atoms with Crippen LogP contribution in [0.4, 0.5) is 0 Å². The van der Waals surface area contributed by atoms with Crippen LogP contribution in [0.5, 0.6) is 0 Å². The summed E-state index contributed by atoms with van der Waals surface area (Å²) >= 11 is 0. The Hall–Kier alpha value is -3.39. The first-order chi connectivity index (χ1) is 16.5. The zero-order valence-electron chi connectivity index (χ0n) is 22.2. The van der Waals surface area contributed by atoms with E-state index in [0.29, 0.717) is 5.69 Å². The van der Waals surface area contributed by atoms with E-state index in [1.54, 1.807) is 11.6 Å². The van der Waals surface area contributed by atoms with E-state index in [4.69, 9.17) is 8.22 Å². The molecule has 0 saturated heterocycles. The van der Waals surface area contributed by atoms with Gasteiger partial charge in [0.15, 0.2) is 6.20 Å². The van der Waals surface area contributed by atoms with Crippen LogP contribution in [0.25, 0.3) is 49.4 Å². The third kappa shape index (κ3) is 2.09. The molecule has 0 amide bonds. The van der Waals surface area contributed by atoms with Crippen molar-refractivity contribution < 1.29 is 12.8 Å². The molecule has 6 rings (SSSR count). The number of pyridine rings is 1. The molecule has 0 aliphatic rings. The molecule has 0 unspecified atom stereocenters. The molecule has 0 saturated carbocycles. The predicted molar refractivity (Wildman–Crippen MR) is 122 cm³/mol. The Labute approximate surface area is 178 Å². The van der Waals surface area contributed by atoms with Crippen LogP contribution >= 0.6 is 0 Å². The molecule has 2 nitrogen and oxygen atoms in total. The summed E-state index contributed by atoms with van der Waals surface area (Å²) in [4.78, 5) is 0. The number of hydrogen-bond acceptors (Lipinski definition) is 0. The second-order valence-electron chi connectivity index (χ2n) is 7.84. The lowest BCUT2D eigenvalue weighted by atomic mass is 9.99. The number of nitrogens with zero attached hydrogens (tertiary/aromatic N) is 2. The monoisotopic (exact) mass is 381 g/mol. The third-order valence-electron chi connectivity index (χ3n) is 6.12. The molecule has 0 atom stereocenters. The quantitative estimate of drug-likeness (QED) is 0.297. The SMILES string of the molecule is [2H]C([2H])([2H])c1cc(-c2cc3c(cc2C)c2cccc4c5ccccc5n3c42)[n+](C)cc1C([2H])([2H])[2H]. The maximum atomic E-state index is 8.00. The van der Waals surface area contributed by atoms with Crippen LogP contribution in [0.2, 0.25) is 0 Å². The number of para-hydroxylation sites is 2. The van der Waals surface area contributed by atoms with Gasteiger partial charge in [-0.1, -0.05) is 36.4 Å². The Morgan fingerprint density at radius 3 is 2.34 bits per heavy atom. The molecule has 6 aromatic rings. The molecule has 0 bridgehead atoms. The van der Waals surface area contributed by atoms with Crippen LogP contribution in [0.3, 0.4) is 0 Å². The van der Waals surface area contributed by atoms with Crippen molar-refractivity contribution >= 4 is 38.1 Å². The summed E-state index contributed by atoms with van der Waals surface area (Å²) < 4.78 is 51.6. The fourth-order valence-electron chi connectivity index (χ4n) is 4.78. The van der Waals surface area contributed by atoms with Gasteiger partial charge < -0.3 is 4.40 Å². The van der Waals surface area contributed by atoms with Gasteiger partial charge in [0.05, 0.1) is 22.1 Å². The molecular formula is C27H23N2+. The highest BCUT2D eigenvalue weighted by molar-refractivity contribution is 6.23. The van der Waals surface area contributed by atoms with Crippen LogP contribution < -0.4 is 4.57 Å². The fourth-order valence-corrected chi connectivity index (χ4v) is 4.78. The van der Waals surface area contributed by atoms with Gasteiger partial charge in [-0.25, -0.2) is 4.57 Å². The first-order valence-electron chi connectivity index (χ1n) is 12.7. The van der Waals surface area contributed by atoms with Crippen molar-refractivity contribution in [1.82, 2.24) is 4.40 Å². The van der Waals surface area contributed by atoms with E-state index in [2.05, 4.69) is 46.9 Å². The smallest absolute Gasteiger partial charge is 0.212 e. The van der Waals surface area contributed by atoms with E-state index in [0.717, 1.165) is 27.5 Å². The minimum atomic E-state index is -2.55. The Morgan fingerprint density at radius 1 is 0.759 bits per heavy atom. The average Bonchev–Trinajstić information content (AvgIpc) is 3.29. The first-order valence-corrected chi connectivity index (χ1v) is 9.69. The van der Waals surface area contributed by atoms with Crippen LogP contribution in [0.15, 0.2) is 66.9 Å². The third-order valence-corrected chi connectivity index (χ3v) is 6.12. The molecule has 0 fully saturated rings. The van der Waals surface area contributed by atoms with Crippen LogP contribution in [-0.2, 0) is 7.05 Å². The maximum absolute atomic E-state index is 8.00. The van der Waals surface area contributed by atoms with Gasteiger partial charge in [0.25, 0.3) is 0 Å². The minimum absolute atomic E-state index is 0.136. The summed E-state index contributed by atoms with van der Waals surface area (Å²) in [5, 5.41) is 4.70. The highest BCUT2D eigenvalue weighted by Gasteiger charge is 2.20. The second kappa shape index (κ2) is 5.57. The van der Waals surface area contributed by atoms with E-state index >= 15 is 0 Å². The maximum Gasteiger partial charge on any atom is 0.212 e. The number of aryl methyl sites for hydroxylation is 4. The van der Waals surface area contributed by atoms with Gasteiger partial charge in [-0.2, -0.15) is 0 Å². The lowest BCUT2D eigenvalue weighted by molar-refractivity contribution is -0.660. The van der Waals surface area contributed by atoms with Crippen molar-refractivity contribution in [2.24, 2.45) is 7.05 Å². The molecule has 3 aromatic heterocycles. The van der Waals surface area contributed by atoms with E-state index in [1.807, 2.05) is 19.1 Å². The Balaban J connectivity index is 1.72. The van der Waals surface area contributed by atoms with E-state index < -0.39 is 13.7 Å². The standard InChI is InChI=1S/C27H23N2/c1-16-13-25(28(4)15-18(16)3)22-14-26-23(12-17(22)2)21-10-7-9-20-19-8-5-6-11-24(19)29(26)27(20)21/h5-15H,1-4H3/q+1/i1D3,3D3. The van der Waals surface area contributed by atoms with Gasteiger partial charge in [-0.15, -0.1) is 0 Å². The largest absolute Gasteiger partial charge is 0.308 e. The summed E-state index contributed by atoms with van der Waals surface area (Å²) in [5.41, 5.74) is 5.56. The predicted octanol–water partition coefficient (Wildman–Crippen LogP) is 6.25. The van der Waals surface area contributed by atoms with Gasteiger partial charge >= 0.3 is 0 Å². The van der Waals surface area contributed by atoms with Gasteiger partial charge in [-0.3, -0.25) is 0 Å². The summed E-state index contributed by atoms with van der Waals surface area (Å²) in [7, 11) is 1.76. The average molecular weight is 382 g/mol. The molecule has 0 radical (unpaired) electrons. The Bertz CT molecular complexity index is 1790. The van der Waals surface area contributed by atoms with Gasteiger partial charge in [0.2, 0.25) is 5.69 Å². The lowest BCUT2D eigenvalue weighted by Crippen LogP contribution is -2.31. The molecule has 3 heterocycles. The number of benzene rings is 3. The summed E-state index contributed by atoms with van der Waals surface area (Å²) in [5.74, 6) is 0. The van der Waals surface area contributed by atoms with E-state index in [-0.39, 0.29) is 11.1 Å². The number of hydrogen-bond donors (Lipinski definition) is 0. The highest BCUT2D eigenvalue weighted by Crippen LogP contribution is 2.40. The molecule has 0 aliphatic carbocycles. The van der Waals surface area contributed by atoms with E-state index in [9.17, 15) is 0 Å². The second-order valence-corrected chi connectivity index (χ2v) is 7.84. The van der Waals surface area contributed by atoms with Crippen LogP contribution in [-0.4, -0.2) is 4.40 Å². The number of aromatic nitrogens is 2. The zero-order chi connectivity index (χ0) is 24.9. The lowest BCUT2D eigenvalue weighted by Gasteiger charge is -2.08. The van der Waals surface area contributed by atoms with Gasteiger partial charge in [-0.05, 0) is 50.0 Å². The molecule has 29 heavy (non-hydrogen) atoms. The molecule has 0 aliphatic heterocycles. The number of rotatable bonds is 1. The van der Waals surface area contributed by atoms with Gasteiger partial charge in [0.1, 0.15) is 7.05 Å². The normalized spacial score (nSPS) is 16.1. The minimum Gasteiger partial charge on any atom is -0.308 e. The van der Waals surface area contributed by atoms with E-state index in [1.165, 1.54) is 33.9 Å². The molecule has 0 spiro atoms.